The first-order valence-electron chi connectivity index (χ1n) is 7.24. The Bertz CT molecular complexity index is 345. The minimum atomic E-state index is 0.244. The summed E-state index contributed by atoms with van der Waals surface area (Å²) in [4.78, 5) is 0. The van der Waals surface area contributed by atoms with E-state index in [1.165, 1.54) is 17.5 Å². The zero-order chi connectivity index (χ0) is 13.8. The lowest BCUT2D eigenvalue weighted by Crippen LogP contribution is -2.33. The maximum absolute atomic E-state index is 3.58. The quantitative estimate of drug-likeness (QED) is 0.809. The topological polar surface area (TPSA) is 12.0 Å². The van der Waals surface area contributed by atoms with Crippen molar-refractivity contribution in [3.05, 3.63) is 35.4 Å². The fourth-order valence-corrected chi connectivity index (χ4v) is 2.46. The molecular formula is C17H29N. The standard InChI is InChI=1S/C17H29N/c1-7-16(18-8-2)13(3)14-9-11-15(12-10-14)17(4,5)6/h9-13,16,18H,7-8H2,1-6H3. The monoisotopic (exact) mass is 247 g/mol. The Kier molecular flexibility index (Phi) is 5.40. The molecule has 0 aliphatic carbocycles. The predicted molar refractivity (Wildman–Crippen MR) is 81.3 cm³/mol. The molecule has 0 amide bonds. The molecule has 1 N–H and O–H groups in total. The number of hydrogen-bond acceptors (Lipinski definition) is 1. The van der Waals surface area contributed by atoms with Crippen LogP contribution in [0.5, 0.6) is 0 Å². The molecule has 0 spiro atoms. The second-order valence-electron chi connectivity index (χ2n) is 6.23. The first kappa shape index (κ1) is 15.2. The van der Waals surface area contributed by atoms with Gasteiger partial charge in [0.1, 0.15) is 0 Å². The van der Waals surface area contributed by atoms with Gasteiger partial charge in [-0.2, -0.15) is 0 Å². The van der Waals surface area contributed by atoms with Crippen LogP contribution in [-0.4, -0.2) is 12.6 Å². The molecule has 0 aromatic heterocycles. The van der Waals surface area contributed by atoms with E-state index in [-0.39, 0.29) is 5.41 Å². The number of hydrogen-bond donors (Lipinski definition) is 1. The van der Waals surface area contributed by atoms with Crippen LogP contribution in [0, 0.1) is 0 Å². The lowest BCUT2D eigenvalue weighted by molar-refractivity contribution is 0.448. The van der Waals surface area contributed by atoms with E-state index >= 15 is 0 Å². The van der Waals surface area contributed by atoms with Gasteiger partial charge in [-0.05, 0) is 35.4 Å². The summed E-state index contributed by atoms with van der Waals surface area (Å²) < 4.78 is 0. The summed E-state index contributed by atoms with van der Waals surface area (Å²) in [7, 11) is 0. The van der Waals surface area contributed by atoms with E-state index in [0.717, 1.165) is 6.54 Å². The van der Waals surface area contributed by atoms with E-state index < -0.39 is 0 Å². The third-order valence-corrected chi connectivity index (χ3v) is 3.81. The lowest BCUT2D eigenvalue weighted by Gasteiger charge is -2.25. The summed E-state index contributed by atoms with van der Waals surface area (Å²) in [6.07, 6.45) is 1.18. The van der Waals surface area contributed by atoms with Crippen LogP contribution in [0.1, 0.15) is 65.0 Å². The molecule has 2 atom stereocenters. The number of rotatable bonds is 5. The van der Waals surface area contributed by atoms with E-state index in [2.05, 4.69) is 71.1 Å². The molecule has 0 radical (unpaired) electrons. The Morgan fingerprint density at radius 3 is 2.00 bits per heavy atom. The minimum absolute atomic E-state index is 0.244. The molecule has 1 rings (SSSR count). The van der Waals surface area contributed by atoms with Crippen LogP contribution >= 0.6 is 0 Å². The maximum Gasteiger partial charge on any atom is 0.0130 e. The van der Waals surface area contributed by atoms with Crippen molar-refractivity contribution in [3.8, 4) is 0 Å². The molecule has 0 heterocycles. The van der Waals surface area contributed by atoms with Gasteiger partial charge in [-0.3, -0.25) is 0 Å². The Balaban J connectivity index is 2.84. The molecule has 1 aromatic rings. The van der Waals surface area contributed by atoms with E-state index in [1.54, 1.807) is 0 Å². The van der Waals surface area contributed by atoms with Crippen LogP contribution < -0.4 is 5.32 Å². The molecule has 102 valence electrons. The molecule has 0 bridgehead atoms. The van der Waals surface area contributed by atoms with E-state index in [1.807, 2.05) is 0 Å². The number of likely N-dealkylation sites (N-methyl/N-ethyl adjacent to an activating group) is 1. The van der Waals surface area contributed by atoms with Crippen LogP contribution in [0.4, 0.5) is 0 Å². The van der Waals surface area contributed by atoms with Gasteiger partial charge in [-0.15, -0.1) is 0 Å². The van der Waals surface area contributed by atoms with Gasteiger partial charge in [0, 0.05) is 6.04 Å². The molecule has 0 aliphatic heterocycles. The summed E-state index contributed by atoms with van der Waals surface area (Å²) in [6, 6.07) is 9.74. The third-order valence-electron chi connectivity index (χ3n) is 3.81. The smallest absolute Gasteiger partial charge is 0.0130 e. The molecule has 18 heavy (non-hydrogen) atoms. The molecule has 1 heteroatoms. The first-order chi connectivity index (χ1) is 8.40. The van der Waals surface area contributed by atoms with Crippen molar-refractivity contribution in [3.63, 3.8) is 0 Å². The van der Waals surface area contributed by atoms with Crippen molar-refractivity contribution in [1.29, 1.82) is 0 Å². The van der Waals surface area contributed by atoms with Gasteiger partial charge in [-0.25, -0.2) is 0 Å². The third kappa shape index (κ3) is 3.84. The van der Waals surface area contributed by atoms with Crippen molar-refractivity contribution in [2.45, 2.75) is 65.3 Å². The van der Waals surface area contributed by atoms with Gasteiger partial charge in [0.05, 0.1) is 0 Å². The van der Waals surface area contributed by atoms with Crippen molar-refractivity contribution in [2.24, 2.45) is 0 Å². The van der Waals surface area contributed by atoms with E-state index in [0.29, 0.717) is 12.0 Å². The zero-order valence-electron chi connectivity index (χ0n) is 12.9. The average Bonchev–Trinajstić information content (AvgIpc) is 2.34. The molecular weight excluding hydrogens is 218 g/mol. The highest BCUT2D eigenvalue weighted by Crippen LogP contribution is 2.26. The van der Waals surface area contributed by atoms with Crippen molar-refractivity contribution < 1.29 is 0 Å². The van der Waals surface area contributed by atoms with Crippen molar-refractivity contribution in [1.82, 2.24) is 5.32 Å². The lowest BCUT2D eigenvalue weighted by atomic mass is 9.84. The Hall–Kier alpha value is -0.820. The molecule has 1 nitrogen and oxygen atoms in total. The largest absolute Gasteiger partial charge is 0.314 e. The highest BCUT2D eigenvalue weighted by atomic mass is 14.9. The summed E-state index contributed by atoms with van der Waals surface area (Å²) in [5, 5.41) is 3.58. The SMILES string of the molecule is CCNC(CC)C(C)c1ccc(C(C)(C)C)cc1. The highest BCUT2D eigenvalue weighted by molar-refractivity contribution is 5.30. The predicted octanol–water partition coefficient (Wildman–Crippen LogP) is 4.48. The summed E-state index contributed by atoms with van der Waals surface area (Å²) in [6.45, 7) is 14.6. The van der Waals surface area contributed by atoms with Gasteiger partial charge >= 0.3 is 0 Å². The molecule has 1 aromatic carbocycles. The Labute approximate surface area is 113 Å². The highest BCUT2D eigenvalue weighted by Gasteiger charge is 2.18. The first-order valence-corrected chi connectivity index (χ1v) is 7.24. The zero-order valence-corrected chi connectivity index (χ0v) is 12.9. The molecule has 2 unspecified atom stereocenters. The molecule has 0 fully saturated rings. The minimum Gasteiger partial charge on any atom is -0.314 e. The van der Waals surface area contributed by atoms with E-state index in [4.69, 9.17) is 0 Å². The Morgan fingerprint density at radius 1 is 1.06 bits per heavy atom. The Morgan fingerprint density at radius 2 is 1.61 bits per heavy atom. The van der Waals surface area contributed by atoms with Crippen LogP contribution in [0.25, 0.3) is 0 Å². The van der Waals surface area contributed by atoms with Gasteiger partial charge in [0.15, 0.2) is 0 Å². The van der Waals surface area contributed by atoms with Gasteiger partial charge in [0.2, 0.25) is 0 Å². The second-order valence-corrected chi connectivity index (χ2v) is 6.23. The molecule has 0 saturated heterocycles. The van der Waals surface area contributed by atoms with Gasteiger partial charge in [0.25, 0.3) is 0 Å². The van der Waals surface area contributed by atoms with E-state index in [9.17, 15) is 0 Å². The van der Waals surface area contributed by atoms with Gasteiger partial charge < -0.3 is 5.32 Å². The van der Waals surface area contributed by atoms with Crippen LogP contribution in [0.2, 0.25) is 0 Å². The van der Waals surface area contributed by atoms with Gasteiger partial charge in [-0.1, -0.05) is 65.8 Å². The fourth-order valence-electron chi connectivity index (χ4n) is 2.46. The summed E-state index contributed by atoms with van der Waals surface area (Å²) in [5.41, 5.74) is 3.10. The molecule has 0 saturated carbocycles. The second kappa shape index (κ2) is 6.38. The normalized spacial score (nSPS) is 15.4. The average molecular weight is 247 g/mol. The maximum atomic E-state index is 3.58. The van der Waals surface area contributed by atoms with Crippen LogP contribution in [0.15, 0.2) is 24.3 Å². The summed E-state index contributed by atoms with van der Waals surface area (Å²) >= 11 is 0. The fraction of sp³-hybridized carbons (Fsp3) is 0.647. The van der Waals surface area contributed by atoms with Crippen molar-refractivity contribution >= 4 is 0 Å². The van der Waals surface area contributed by atoms with Crippen LogP contribution in [-0.2, 0) is 5.41 Å². The number of benzene rings is 1. The molecule has 0 aliphatic rings. The number of nitrogens with one attached hydrogen (secondary N) is 1. The van der Waals surface area contributed by atoms with Crippen molar-refractivity contribution in [2.75, 3.05) is 6.54 Å². The summed E-state index contributed by atoms with van der Waals surface area (Å²) in [5.74, 6) is 0.573. The van der Waals surface area contributed by atoms with Crippen LogP contribution in [0.3, 0.4) is 0 Å².